The van der Waals surface area contributed by atoms with Gasteiger partial charge in [0.25, 0.3) is 0 Å². The zero-order valence-electron chi connectivity index (χ0n) is 12.5. The summed E-state index contributed by atoms with van der Waals surface area (Å²) in [5.74, 6) is 1.08. The number of nitrogens with two attached hydrogens (primary N) is 1. The number of hydrogen-bond acceptors (Lipinski definition) is 5. The molecule has 1 aromatic carbocycles. The molecular weight excluding hydrogens is 292 g/mol. The highest BCUT2D eigenvalue weighted by Gasteiger charge is 2.43. The third-order valence-corrected chi connectivity index (χ3v) is 5.58. The van der Waals surface area contributed by atoms with Gasteiger partial charge in [-0.3, -0.25) is 0 Å². The summed E-state index contributed by atoms with van der Waals surface area (Å²) in [6, 6.07) is 4.61. The molecule has 21 heavy (non-hydrogen) atoms. The summed E-state index contributed by atoms with van der Waals surface area (Å²) in [5, 5.41) is 0. The Hall–Kier alpha value is -1.31. The fourth-order valence-electron chi connectivity index (χ4n) is 2.37. The lowest BCUT2D eigenvalue weighted by atomic mass is 9.98. The van der Waals surface area contributed by atoms with E-state index in [1.165, 1.54) is 20.3 Å². The van der Waals surface area contributed by atoms with Crippen molar-refractivity contribution in [1.82, 2.24) is 4.72 Å². The van der Waals surface area contributed by atoms with Gasteiger partial charge < -0.3 is 15.2 Å². The van der Waals surface area contributed by atoms with Crippen LogP contribution in [0.25, 0.3) is 0 Å². The molecule has 0 radical (unpaired) electrons. The molecule has 3 N–H and O–H groups in total. The van der Waals surface area contributed by atoms with Gasteiger partial charge in [-0.05, 0) is 37.8 Å². The van der Waals surface area contributed by atoms with Gasteiger partial charge in [0.15, 0.2) is 0 Å². The molecule has 118 valence electrons. The highest BCUT2D eigenvalue weighted by atomic mass is 32.2. The van der Waals surface area contributed by atoms with Crippen LogP contribution in [0, 0.1) is 5.92 Å². The molecule has 0 spiro atoms. The van der Waals surface area contributed by atoms with Crippen molar-refractivity contribution in [3.8, 4) is 11.5 Å². The second-order valence-electron chi connectivity index (χ2n) is 5.52. The summed E-state index contributed by atoms with van der Waals surface area (Å²) in [6.45, 7) is 2.10. The number of ether oxygens (including phenoxy) is 2. The van der Waals surface area contributed by atoms with Crippen LogP contribution in [0.1, 0.15) is 19.8 Å². The second kappa shape index (κ2) is 5.82. The standard InChI is InChI=1S/C14H22N2O4S/c1-14(9-15,10-4-5-10)16-21(17,18)13-7-6-11(19-2)8-12(13)20-3/h6-8,10,16H,4-5,9,15H2,1-3H3. The molecule has 0 bridgehead atoms. The Morgan fingerprint density at radius 3 is 2.48 bits per heavy atom. The molecule has 0 heterocycles. The first kappa shape index (κ1) is 16.1. The minimum atomic E-state index is -3.71. The Balaban J connectivity index is 2.35. The van der Waals surface area contributed by atoms with Crippen LogP contribution in [0.5, 0.6) is 11.5 Å². The molecule has 1 saturated carbocycles. The van der Waals surface area contributed by atoms with Crippen molar-refractivity contribution in [2.75, 3.05) is 20.8 Å². The van der Waals surface area contributed by atoms with Crippen molar-refractivity contribution < 1.29 is 17.9 Å². The van der Waals surface area contributed by atoms with Crippen LogP contribution in [0.4, 0.5) is 0 Å². The Labute approximate surface area is 125 Å². The Bertz CT molecular complexity index is 613. The molecule has 0 aromatic heterocycles. The van der Waals surface area contributed by atoms with Gasteiger partial charge in [0.05, 0.1) is 14.2 Å². The van der Waals surface area contributed by atoms with Crippen LogP contribution in [0.2, 0.25) is 0 Å². The molecule has 1 aliphatic carbocycles. The lowest BCUT2D eigenvalue weighted by Crippen LogP contribution is -2.53. The SMILES string of the molecule is COc1ccc(S(=O)(=O)NC(C)(CN)C2CC2)c(OC)c1. The minimum Gasteiger partial charge on any atom is -0.497 e. The van der Waals surface area contributed by atoms with Gasteiger partial charge in [-0.1, -0.05) is 0 Å². The van der Waals surface area contributed by atoms with E-state index in [2.05, 4.69) is 4.72 Å². The quantitative estimate of drug-likeness (QED) is 0.787. The number of sulfonamides is 1. The predicted octanol–water partition coefficient (Wildman–Crippen LogP) is 1.11. The highest BCUT2D eigenvalue weighted by Crippen LogP contribution is 2.40. The summed E-state index contributed by atoms with van der Waals surface area (Å²) in [4.78, 5) is 0.0890. The van der Waals surface area contributed by atoms with E-state index in [0.717, 1.165) is 12.8 Å². The maximum atomic E-state index is 12.6. The van der Waals surface area contributed by atoms with Crippen LogP contribution in [-0.4, -0.2) is 34.7 Å². The third kappa shape index (κ3) is 3.30. The van der Waals surface area contributed by atoms with Gasteiger partial charge in [-0.25, -0.2) is 13.1 Å². The molecule has 1 aromatic rings. The fourth-order valence-corrected chi connectivity index (χ4v) is 4.00. The lowest BCUT2D eigenvalue weighted by Gasteiger charge is -2.29. The summed E-state index contributed by atoms with van der Waals surface area (Å²) in [7, 11) is -0.772. The molecule has 0 amide bonds. The number of hydrogen-bond donors (Lipinski definition) is 2. The Morgan fingerprint density at radius 1 is 1.33 bits per heavy atom. The normalized spacial score (nSPS) is 18.1. The zero-order chi connectivity index (χ0) is 15.7. The minimum absolute atomic E-state index is 0.0890. The van der Waals surface area contributed by atoms with Gasteiger partial charge in [0.1, 0.15) is 16.4 Å². The number of rotatable bonds is 7. The van der Waals surface area contributed by atoms with Crippen LogP contribution >= 0.6 is 0 Å². The van der Waals surface area contributed by atoms with Crippen molar-refractivity contribution in [2.45, 2.75) is 30.2 Å². The first-order valence-corrected chi connectivity index (χ1v) is 8.30. The first-order chi connectivity index (χ1) is 9.86. The lowest BCUT2D eigenvalue weighted by molar-refractivity contribution is 0.368. The maximum Gasteiger partial charge on any atom is 0.244 e. The molecule has 1 unspecified atom stereocenters. The Kier molecular flexibility index (Phi) is 4.46. The number of nitrogens with one attached hydrogen (secondary N) is 1. The molecule has 7 heteroatoms. The van der Waals surface area contributed by atoms with Crippen molar-refractivity contribution in [1.29, 1.82) is 0 Å². The molecule has 1 fully saturated rings. The first-order valence-electron chi connectivity index (χ1n) is 6.82. The summed E-state index contributed by atoms with van der Waals surface area (Å²) in [6.07, 6.45) is 1.99. The third-order valence-electron chi connectivity index (χ3n) is 3.93. The van der Waals surface area contributed by atoms with Crippen LogP contribution in [0.15, 0.2) is 23.1 Å². The maximum absolute atomic E-state index is 12.6. The van der Waals surface area contributed by atoms with Gasteiger partial charge in [0, 0.05) is 18.2 Å². The van der Waals surface area contributed by atoms with Crippen LogP contribution in [0.3, 0.4) is 0 Å². The predicted molar refractivity (Wildman–Crippen MR) is 80.1 cm³/mol. The molecule has 1 aliphatic rings. The molecule has 6 nitrogen and oxygen atoms in total. The molecular formula is C14H22N2O4S. The van der Waals surface area contributed by atoms with E-state index in [1.807, 2.05) is 6.92 Å². The van der Waals surface area contributed by atoms with E-state index in [9.17, 15) is 8.42 Å². The van der Waals surface area contributed by atoms with Gasteiger partial charge in [0.2, 0.25) is 10.0 Å². The van der Waals surface area contributed by atoms with E-state index in [4.69, 9.17) is 15.2 Å². The van der Waals surface area contributed by atoms with Gasteiger partial charge >= 0.3 is 0 Å². The second-order valence-corrected chi connectivity index (χ2v) is 7.17. The molecule has 1 atom stereocenters. The smallest absolute Gasteiger partial charge is 0.244 e. The molecule has 0 aliphatic heterocycles. The molecule has 2 rings (SSSR count). The van der Waals surface area contributed by atoms with Gasteiger partial charge in [-0.15, -0.1) is 0 Å². The zero-order valence-corrected chi connectivity index (χ0v) is 13.4. The number of benzene rings is 1. The summed E-state index contributed by atoms with van der Waals surface area (Å²) >= 11 is 0. The van der Waals surface area contributed by atoms with E-state index in [-0.39, 0.29) is 17.2 Å². The van der Waals surface area contributed by atoms with Crippen LogP contribution in [-0.2, 0) is 10.0 Å². The van der Waals surface area contributed by atoms with E-state index < -0.39 is 15.6 Å². The summed E-state index contributed by atoms with van der Waals surface area (Å²) < 4.78 is 38.2. The van der Waals surface area contributed by atoms with Crippen molar-refractivity contribution in [3.05, 3.63) is 18.2 Å². The van der Waals surface area contributed by atoms with Crippen molar-refractivity contribution in [2.24, 2.45) is 11.7 Å². The van der Waals surface area contributed by atoms with Crippen molar-refractivity contribution in [3.63, 3.8) is 0 Å². The number of methoxy groups -OCH3 is 2. The van der Waals surface area contributed by atoms with E-state index in [1.54, 1.807) is 12.1 Å². The topological polar surface area (TPSA) is 90.7 Å². The van der Waals surface area contributed by atoms with Gasteiger partial charge in [-0.2, -0.15) is 0 Å². The highest BCUT2D eigenvalue weighted by molar-refractivity contribution is 7.89. The largest absolute Gasteiger partial charge is 0.497 e. The van der Waals surface area contributed by atoms with Crippen molar-refractivity contribution >= 4 is 10.0 Å². The van der Waals surface area contributed by atoms with Crippen LogP contribution < -0.4 is 19.9 Å². The Morgan fingerprint density at radius 2 is 2.00 bits per heavy atom. The molecule has 0 saturated heterocycles. The fraction of sp³-hybridized carbons (Fsp3) is 0.571. The van der Waals surface area contributed by atoms with E-state index >= 15 is 0 Å². The average Bonchev–Trinajstić information content (AvgIpc) is 3.30. The summed E-state index contributed by atoms with van der Waals surface area (Å²) in [5.41, 5.74) is 5.15. The average molecular weight is 314 g/mol. The van der Waals surface area contributed by atoms with E-state index in [0.29, 0.717) is 11.7 Å². The monoisotopic (exact) mass is 314 g/mol.